The molecule has 1 heterocycles. The zero-order valence-electron chi connectivity index (χ0n) is 14.3. The van der Waals surface area contributed by atoms with Crippen LogP contribution in [0.2, 0.25) is 0 Å². The summed E-state index contributed by atoms with van der Waals surface area (Å²) in [7, 11) is 3.20. The van der Waals surface area contributed by atoms with Crippen LogP contribution in [0, 0.1) is 0 Å². The number of carbonyl (C=O) groups excluding carboxylic acids is 1. The highest BCUT2D eigenvalue weighted by molar-refractivity contribution is 7.17. The summed E-state index contributed by atoms with van der Waals surface area (Å²) in [4.78, 5) is 12.1. The van der Waals surface area contributed by atoms with Gasteiger partial charge in [-0.2, -0.15) is 0 Å². The average Bonchev–Trinajstić information content (AvgIpc) is 3.07. The van der Waals surface area contributed by atoms with E-state index in [1.807, 2.05) is 35.7 Å². The van der Waals surface area contributed by atoms with Crippen LogP contribution in [0.4, 0.5) is 0 Å². The lowest BCUT2D eigenvalue weighted by molar-refractivity contribution is -0.144. The van der Waals surface area contributed by atoms with E-state index in [2.05, 4.69) is 12.1 Å². The largest absolute Gasteiger partial charge is 0.493 e. The number of aryl methyl sites for hydroxylation is 1. The first kappa shape index (κ1) is 17.3. The van der Waals surface area contributed by atoms with Gasteiger partial charge in [0.15, 0.2) is 11.5 Å². The maximum atomic E-state index is 12.1. The third-order valence-electron chi connectivity index (χ3n) is 4.03. The van der Waals surface area contributed by atoms with E-state index in [0.717, 1.165) is 16.5 Å². The summed E-state index contributed by atoms with van der Waals surface area (Å²) in [6, 6.07) is 13.8. The third kappa shape index (κ3) is 3.94. The summed E-state index contributed by atoms with van der Waals surface area (Å²) < 4.78 is 17.3. The molecule has 0 spiro atoms. The van der Waals surface area contributed by atoms with Crippen molar-refractivity contribution in [1.82, 2.24) is 0 Å². The number of hydrogen-bond acceptors (Lipinski definition) is 5. The zero-order valence-corrected chi connectivity index (χ0v) is 15.1. The number of carbonyl (C=O) groups is 1. The Morgan fingerprint density at radius 2 is 1.84 bits per heavy atom. The first-order chi connectivity index (χ1) is 12.2. The fraction of sp³-hybridized carbons (Fsp3) is 0.250. The summed E-state index contributed by atoms with van der Waals surface area (Å²) in [5.74, 6) is 1.11. The fourth-order valence-electron chi connectivity index (χ4n) is 2.76. The molecule has 0 bridgehead atoms. The summed E-state index contributed by atoms with van der Waals surface area (Å²) in [5.41, 5.74) is 1.98. The van der Waals surface area contributed by atoms with Gasteiger partial charge in [0.2, 0.25) is 0 Å². The standard InChI is InChI=1S/C20H20O4S/c1-22-17-8-5-6-14(20(17)23-2)10-11-19(21)24-12-15-13-25-18-9-4-3-7-16(15)18/h3-9,13H,10-12H2,1-2H3. The molecular weight excluding hydrogens is 336 g/mol. The van der Waals surface area contributed by atoms with Crippen LogP contribution in [0.1, 0.15) is 17.5 Å². The molecule has 0 aliphatic rings. The van der Waals surface area contributed by atoms with Gasteiger partial charge in [-0.1, -0.05) is 30.3 Å². The first-order valence-corrected chi connectivity index (χ1v) is 8.91. The van der Waals surface area contributed by atoms with E-state index in [-0.39, 0.29) is 5.97 Å². The van der Waals surface area contributed by atoms with Crippen molar-refractivity contribution in [2.75, 3.05) is 14.2 Å². The Labute approximate surface area is 151 Å². The van der Waals surface area contributed by atoms with Crippen LogP contribution in [0.3, 0.4) is 0 Å². The van der Waals surface area contributed by atoms with Gasteiger partial charge in [0.1, 0.15) is 6.61 Å². The molecule has 0 fully saturated rings. The van der Waals surface area contributed by atoms with Crippen molar-refractivity contribution in [3.05, 3.63) is 59.0 Å². The van der Waals surface area contributed by atoms with Crippen molar-refractivity contribution in [2.45, 2.75) is 19.4 Å². The minimum absolute atomic E-state index is 0.222. The van der Waals surface area contributed by atoms with E-state index in [9.17, 15) is 4.79 Å². The van der Waals surface area contributed by atoms with E-state index in [0.29, 0.717) is 30.9 Å². The van der Waals surface area contributed by atoms with Crippen molar-refractivity contribution < 1.29 is 19.0 Å². The molecule has 1 aromatic heterocycles. The highest BCUT2D eigenvalue weighted by Gasteiger charge is 2.12. The predicted octanol–water partition coefficient (Wildman–Crippen LogP) is 4.59. The van der Waals surface area contributed by atoms with Crippen LogP contribution in [0.5, 0.6) is 11.5 Å². The summed E-state index contributed by atoms with van der Waals surface area (Å²) in [5, 5.41) is 3.19. The molecule has 3 rings (SSSR count). The highest BCUT2D eigenvalue weighted by atomic mass is 32.1. The minimum Gasteiger partial charge on any atom is -0.493 e. The molecule has 5 heteroatoms. The molecule has 0 aliphatic heterocycles. The average molecular weight is 356 g/mol. The smallest absolute Gasteiger partial charge is 0.306 e. The zero-order chi connectivity index (χ0) is 17.6. The van der Waals surface area contributed by atoms with Crippen LogP contribution in [0.25, 0.3) is 10.1 Å². The van der Waals surface area contributed by atoms with Gasteiger partial charge in [0, 0.05) is 16.7 Å². The Hall–Kier alpha value is -2.53. The number of fused-ring (bicyclic) bond motifs is 1. The number of esters is 1. The Morgan fingerprint density at radius 3 is 2.64 bits per heavy atom. The number of thiophene rings is 1. The van der Waals surface area contributed by atoms with Crippen LogP contribution in [-0.2, 0) is 22.6 Å². The Balaban J connectivity index is 1.58. The molecule has 0 amide bonds. The van der Waals surface area contributed by atoms with Gasteiger partial charge in [0.05, 0.1) is 14.2 Å². The predicted molar refractivity (Wildman–Crippen MR) is 99.5 cm³/mol. The van der Waals surface area contributed by atoms with E-state index in [1.54, 1.807) is 25.6 Å². The number of hydrogen-bond donors (Lipinski definition) is 0. The monoisotopic (exact) mass is 356 g/mol. The SMILES string of the molecule is COc1cccc(CCC(=O)OCc2csc3ccccc23)c1OC. The van der Waals surface area contributed by atoms with Gasteiger partial charge >= 0.3 is 5.97 Å². The Morgan fingerprint density at radius 1 is 1.00 bits per heavy atom. The maximum absolute atomic E-state index is 12.1. The van der Waals surface area contributed by atoms with Crippen molar-refractivity contribution in [1.29, 1.82) is 0 Å². The van der Waals surface area contributed by atoms with Gasteiger partial charge in [-0.15, -0.1) is 11.3 Å². The Bertz CT molecular complexity index is 869. The fourth-order valence-corrected chi connectivity index (χ4v) is 3.71. The molecule has 3 aromatic rings. The topological polar surface area (TPSA) is 44.8 Å². The Kier molecular flexibility index (Phi) is 5.56. The van der Waals surface area contributed by atoms with Gasteiger partial charge in [-0.25, -0.2) is 0 Å². The van der Waals surface area contributed by atoms with E-state index in [4.69, 9.17) is 14.2 Å². The molecule has 0 radical (unpaired) electrons. The highest BCUT2D eigenvalue weighted by Crippen LogP contribution is 2.31. The van der Waals surface area contributed by atoms with Crippen molar-refractivity contribution in [2.24, 2.45) is 0 Å². The van der Waals surface area contributed by atoms with Crippen LogP contribution in [-0.4, -0.2) is 20.2 Å². The molecule has 0 saturated carbocycles. The lowest BCUT2D eigenvalue weighted by Crippen LogP contribution is -2.06. The lowest BCUT2D eigenvalue weighted by Gasteiger charge is -2.12. The van der Waals surface area contributed by atoms with Crippen molar-refractivity contribution >= 4 is 27.4 Å². The summed E-state index contributed by atoms with van der Waals surface area (Å²) >= 11 is 1.66. The van der Waals surface area contributed by atoms with Crippen LogP contribution in [0.15, 0.2) is 47.8 Å². The third-order valence-corrected chi connectivity index (χ3v) is 5.05. The summed E-state index contributed by atoms with van der Waals surface area (Å²) in [6.07, 6.45) is 0.842. The van der Waals surface area contributed by atoms with Crippen molar-refractivity contribution in [3.8, 4) is 11.5 Å². The second-order valence-electron chi connectivity index (χ2n) is 5.57. The van der Waals surface area contributed by atoms with Crippen molar-refractivity contribution in [3.63, 3.8) is 0 Å². The number of methoxy groups -OCH3 is 2. The lowest BCUT2D eigenvalue weighted by atomic mass is 10.1. The molecule has 0 N–H and O–H groups in total. The second-order valence-corrected chi connectivity index (χ2v) is 6.48. The minimum atomic E-state index is -0.222. The normalized spacial score (nSPS) is 10.6. The van der Waals surface area contributed by atoms with E-state index >= 15 is 0 Å². The number of para-hydroxylation sites is 1. The molecule has 0 atom stereocenters. The molecule has 130 valence electrons. The number of benzene rings is 2. The molecule has 0 aliphatic carbocycles. The summed E-state index contributed by atoms with van der Waals surface area (Å²) in [6.45, 7) is 0.304. The molecular formula is C20H20O4S. The first-order valence-electron chi connectivity index (χ1n) is 8.03. The molecule has 0 saturated heterocycles. The van der Waals surface area contributed by atoms with Crippen LogP contribution < -0.4 is 9.47 Å². The second kappa shape index (κ2) is 8.03. The quantitative estimate of drug-likeness (QED) is 0.581. The van der Waals surface area contributed by atoms with Crippen LogP contribution >= 0.6 is 11.3 Å². The molecule has 4 nitrogen and oxygen atoms in total. The maximum Gasteiger partial charge on any atom is 0.306 e. The van der Waals surface area contributed by atoms with Gasteiger partial charge in [0.25, 0.3) is 0 Å². The number of rotatable bonds is 7. The van der Waals surface area contributed by atoms with Gasteiger partial charge < -0.3 is 14.2 Å². The molecule has 25 heavy (non-hydrogen) atoms. The molecule has 2 aromatic carbocycles. The number of ether oxygens (including phenoxy) is 3. The van der Waals surface area contributed by atoms with E-state index < -0.39 is 0 Å². The van der Waals surface area contributed by atoms with E-state index in [1.165, 1.54) is 4.70 Å². The molecule has 0 unspecified atom stereocenters. The van der Waals surface area contributed by atoms with Gasteiger partial charge in [-0.3, -0.25) is 4.79 Å². The van der Waals surface area contributed by atoms with Gasteiger partial charge in [-0.05, 0) is 34.9 Å².